The molecular formula is C10H18ClNO. The topological polar surface area (TPSA) is 12.5 Å². The number of likely N-dealkylation sites (tertiary alicyclic amines) is 1. The van der Waals surface area contributed by atoms with Gasteiger partial charge in [0.2, 0.25) is 0 Å². The third kappa shape index (κ3) is 4.12. The number of ether oxygens (including phenoxy) is 1. The Balaban J connectivity index is 2.28. The SMILES string of the molecule is C=C(Cl)CN1CCC[C@@H](OCC)C1. The van der Waals surface area contributed by atoms with Crippen molar-refractivity contribution in [1.82, 2.24) is 4.90 Å². The van der Waals surface area contributed by atoms with Crippen molar-refractivity contribution >= 4 is 11.6 Å². The third-order valence-corrected chi connectivity index (χ3v) is 2.38. The van der Waals surface area contributed by atoms with Crippen molar-refractivity contribution in [3.05, 3.63) is 11.6 Å². The van der Waals surface area contributed by atoms with Gasteiger partial charge in [0.05, 0.1) is 6.10 Å². The minimum Gasteiger partial charge on any atom is -0.377 e. The van der Waals surface area contributed by atoms with Crippen LogP contribution in [0.4, 0.5) is 0 Å². The van der Waals surface area contributed by atoms with E-state index in [1.54, 1.807) is 0 Å². The lowest BCUT2D eigenvalue weighted by molar-refractivity contribution is 0.00903. The molecule has 1 heterocycles. The van der Waals surface area contributed by atoms with Crippen molar-refractivity contribution in [2.75, 3.05) is 26.2 Å². The van der Waals surface area contributed by atoms with Crippen molar-refractivity contribution in [1.29, 1.82) is 0 Å². The lowest BCUT2D eigenvalue weighted by Gasteiger charge is -2.32. The molecule has 0 bridgehead atoms. The Morgan fingerprint density at radius 1 is 1.69 bits per heavy atom. The summed E-state index contributed by atoms with van der Waals surface area (Å²) in [6, 6.07) is 0. The molecule has 0 aromatic heterocycles. The van der Waals surface area contributed by atoms with E-state index in [1.807, 2.05) is 6.92 Å². The largest absolute Gasteiger partial charge is 0.377 e. The quantitative estimate of drug-likeness (QED) is 0.695. The Labute approximate surface area is 85.5 Å². The molecule has 3 heteroatoms. The molecule has 76 valence electrons. The van der Waals surface area contributed by atoms with E-state index in [2.05, 4.69) is 11.5 Å². The number of nitrogens with zero attached hydrogens (tertiary/aromatic N) is 1. The monoisotopic (exact) mass is 203 g/mol. The fraction of sp³-hybridized carbons (Fsp3) is 0.800. The zero-order valence-corrected chi connectivity index (χ0v) is 9.02. The zero-order valence-electron chi connectivity index (χ0n) is 8.26. The summed E-state index contributed by atoms with van der Waals surface area (Å²) in [5, 5.41) is 0.720. The van der Waals surface area contributed by atoms with Gasteiger partial charge in [-0.25, -0.2) is 0 Å². The maximum absolute atomic E-state index is 5.76. The molecule has 1 atom stereocenters. The molecular weight excluding hydrogens is 186 g/mol. The first kappa shape index (κ1) is 11.0. The summed E-state index contributed by atoms with van der Waals surface area (Å²) in [4.78, 5) is 2.30. The first-order valence-electron chi connectivity index (χ1n) is 4.89. The van der Waals surface area contributed by atoms with Gasteiger partial charge in [0.1, 0.15) is 0 Å². The van der Waals surface area contributed by atoms with Crippen LogP contribution in [0.5, 0.6) is 0 Å². The molecule has 0 unspecified atom stereocenters. The summed E-state index contributed by atoms with van der Waals surface area (Å²) in [5.74, 6) is 0. The Hall–Kier alpha value is -0.0500. The van der Waals surface area contributed by atoms with Crippen LogP contribution in [0, 0.1) is 0 Å². The first-order valence-corrected chi connectivity index (χ1v) is 5.27. The van der Waals surface area contributed by atoms with Crippen LogP contribution < -0.4 is 0 Å². The zero-order chi connectivity index (χ0) is 9.68. The molecule has 1 aliphatic heterocycles. The minimum atomic E-state index is 0.398. The van der Waals surface area contributed by atoms with Crippen molar-refractivity contribution < 1.29 is 4.74 Å². The number of hydrogen-bond acceptors (Lipinski definition) is 2. The van der Waals surface area contributed by atoms with Crippen LogP contribution in [0.1, 0.15) is 19.8 Å². The first-order chi connectivity index (χ1) is 6.22. The molecule has 1 saturated heterocycles. The number of piperidine rings is 1. The summed E-state index contributed by atoms with van der Waals surface area (Å²) in [5.41, 5.74) is 0. The van der Waals surface area contributed by atoms with E-state index in [0.717, 1.165) is 31.3 Å². The second kappa shape index (κ2) is 5.63. The smallest absolute Gasteiger partial charge is 0.0702 e. The van der Waals surface area contributed by atoms with Crippen molar-refractivity contribution in [3.8, 4) is 0 Å². The molecule has 0 aliphatic carbocycles. The molecule has 13 heavy (non-hydrogen) atoms. The summed E-state index contributed by atoms with van der Waals surface area (Å²) in [7, 11) is 0. The predicted octanol–water partition coefficient (Wildman–Crippen LogP) is 2.24. The van der Waals surface area contributed by atoms with Crippen LogP contribution in [0.25, 0.3) is 0 Å². The highest BCUT2D eigenvalue weighted by atomic mass is 35.5. The van der Waals surface area contributed by atoms with E-state index < -0.39 is 0 Å². The van der Waals surface area contributed by atoms with Gasteiger partial charge in [0, 0.05) is 24.7 Å². The van der Waals surface area contributed by atoms with Gasteiger partial charge in [-0.3, -0.25) is 4.90 Å². The van der Waals surface area contributed by atoms with Gasteiger partial charge in [0.15, 0.2) is 0 Å². The van der Waals surface area contributed by atoms with Crippen LogP contribution in [0.2, 0.25) is 0 Å². The Kier molecular flexibility index (Phi) is 4.78. The van der Waals surface area contributed by atoms with Crippen LogP contribution in [-0.2, 0) is 4.74 Å². The second-order valence-electron chi connectivity index (χ2n) is 3.47. The van der Waals surface area contributed by atoms with E-state index in [4.69, 9.17) is 16.3 Å². The molecule has 0 aromatic rings. The summed E-state index contributed by atoms with van der Waals surface area (Å²) >= 11 is 5.76. The highest BCUT2D eigenvalue weighted by molar-refractivity contribution is 6.29. The van der Waals surface area contributed by atoms with Crippen LogP contribution in [0.15, 0.2) is 11.6 Å². The molecule has 1 fully saturated rings. The lowest BCUT2D eigenvalue weighted by atomic mass is 10.1. The van der Waals surface area contributed by atoms with Gasteiger partial charge < -0.3 is 4.74 Å². The van der Waals surface area contributed by atoms with Gasteiger partial charge in [-0.1, -0.05) is 18.2 Å². The summed E-state index contributed by atoms with van der Waals surface area (Å²) in [6.45, 7) is 9.47. The summed E-state index contributed by atoms with van der Waals surface area (Å²) < 4.78 is 5.58. The Morgan fingerprint density at radius 2 is 2.46 bits per heavy atom. The molecule has 2 nitrogen and oxygen atoms in total. The van der Waals surface area contributed by atoms with Crippen LogP contribution >= 0.6 is 11.6 Å². The lowest BCUT2D eigenvalue weighted by Crippen LogP contribution is -2.40. The molecule has 1 aliphatic rings. The van der Waals surface area contributed by atoms with Crippen molar-refractivity contribution in [2.45, 2.75) is 25.9 Å². The maximum Gasteiger partial charge on any atom is 0.0702 e. The number of halogens is 1. The Morgan fingerprint density at radius 3 is 3.08 bits per heavy atom. The molecule has 0 saturated carbocycles. The molecule has 0 spiro atoms. The maximum atomic E-state index is 5.76. The molecule has 0 N–H and O–H groups in total. The number of rotatable bonds is 4. The van der Waals surface area contributed by atoms with Gasteiger partial charge in [-0.05, 0) is 26.3 Å². The second-order valence-corrected chi connectivity index (χ2v) is 4.01. The van der Waals surface area contributed by atoms with E-state index in [-0.39, 0.29) is 0 Å². The highest BCUT2D eigenvalue weighted by Gasteiger charge is 2.19. The van der Waals surface area contributed by atoms with Crippen molar-refractivity contribution in [2.24, 2.45) is 0 Å². The predicted molar refractivity (Wildman–Crippen MR) is 56.1 cm³/mol. The minimum absolute atomic E-state index is 0.398. The van der Waals surface area contributed by atoms with E-state index in [0.29, 0.717) is 6.10 Å². The van der Waals surface area contributed by atoms with E-state index >= 15 is 0 Å². The van der Waals surface area contributed by atoms with E-state index in [1.165, 1.54) is 12.8 Å². The van der Waals surface area contributed by atoms with Gasteiger partial charge in [-0.2, -0.15) is 0 Å². The molecule has 0 aromatic carbocycles. The van der Waals surface area contributed by atoms with Gasteiger partial charge in [-0.15, -0.1) is 0 Å². The normalized spacial score (nSPS) is 24.6. The average Bonchev–Trinajstić information content (AvgIpc) is 2.04. The summed E-state index contributed by atoms with van der Waals surface area (Å²) in [6.07, 6.45) is 2.78. The molecule has 1 rings (SSSR count). The van der Waals surface area contributed by atoms with Gasteiger partial charge in [0.25, 0.3) is 0 Å². The fourth-order valence-corrected chi connectivity index (χ4v) is 1.94. The van der Waals surface area contributed by atoms with Crippen molar-refractivity contribution in [3.63, 3.8) is 0 Å². The standard InChI is InChI=1S/C10H18ClNO/c1-3-13-10-5-4-6-12(8-10)7-9(2)11/h10H,2-8H2,1H3/t10-/m1/s1. The molecule has 0 amide bonds. The van der Waals surface area contributed by atoms with Gasteiger partial charge >= 0.3 is 0 Å². The fourth-order valence-electron chi connectivity index (χ4n) is 1.77. The highest BCUT2D eigenvalue weighted by Crippen LogP contribution is 2.14. The average molecular weight is 204 g/mol. The molecule has 0 radical (unpaired) electrons. The van der Waals surface area contributed by atoms with E-state index in [9.17, 15) is 0 Å². The van der Waals surface area contributed by atoms with Crippen LogP contribution in [0.3, 0.4) is 0 Å². The number of hydrogen-bond donors (Lipinski definition) is 0. The van der Waals surface area contributed by atoms with Crippen LogP contribution in [-0.4, -0.2) is 37.2 Å². The third-order valence-electron chi connectivity index (χ3n) is 2.26. The Bertz CT molecular complexity index is 170.